The molecule has 1 N–H and O–H groups in total. The van der Waals surface area contributed by atoms with Crippen molar-refractivity contribution in [2.45, 2.75) is 51.6 Å². The Kier molecular flexibility index (Phi) is 7.24. The molecule has 2 rings (SSSR count). The van der Waals surface area contributed by atoms with Gasteiger partial charge < -0.3 is 9.84 Å². The highest BCUT2D eigenvalue weighted by Gasteiger charge is 2.37. The summed E-state index contributed by atoms with van der Waals surface area (Å²) >= 11 is 0. The molecule has 2 heterocycles. The molecule has 1 saturated heterocycles. The van der Waals surface area contributed by atoms with E-state index in [-0.39, 0.29) is 30.2 Å². The lowest BCUT2D eigenvalue weighted by atomic mass is 10.2. The Morgan fingerprint density at radius 2 is 2.23 bits per heavy atom. The van der Waals surface area contributed by atoms with Gasteiger partial charge in [-0.2, -0.15) is 9.29 Å². The van der Waals surface area contributed by atoms with Gasteiger partial charge in [0.1, 0.15) is 6.04 Å². The molecule has 1 aliphatic heterocycles. The normalized spacial score (nSPS) is 20.8. The number of nitrogens with one attached hydrogen (secondary N) is 1. The summed E-state index contributed by atoms with van der Waals surface area (Å²) in [6.45, 7) is 4.44. The standard InChI is InChI=1S/C13H24N4O3S.ClH/c1-4-8-21(18,19)17-7-5-6-11(17)13-15-12(16-20-13)9-10(2)14-3;/h10-11,14H,4-9H2,1-3H3;1H. The fourth-order valence-electron chi connectivity index (χ4n) is 2.56. The second-order valence-electron chi connectivity index (χ2n) is 5.53. The van der Waals surface area contributed by atoms with Gasteiger partial charge in [-0.1, -0.05) is 12.1 Å². The number of rotatable bonds is 7. The molecule has 1 aliphatic rings. The zero-order valence-corrected chi connectivity index (χ0v) is 14.9. The van der Waals surface area contributed by atoms with Crippen molar-refractivity contribution in [3.05, 3.63) is 11.7 Å². The first kappa shape index (κ1) is 19.3. The molecule has 2 atom stereocenters. The van der Waals surface area contributed by atoms with Gasteiger partial charge in [0.05, 0.1) is 5.75 Å². The smallest absolute Gasteiger partial charge is 0.245 e. The third-order valence-corrected chi connectivity index (χ3v) is 5.85. The van der Waals surface area contributed by atoms with E-state index in [1.165, 1.54) is 4.31 Å². The summed E-state index contributed by atoms with van der Waals surface area (Å²) in [6.07, 6.45) is 2.85. The fraction of sp³-hybridized carbons (Fsp3) is 0.846. The number of hydrogen-bond donors (Lipinski definition) is 1. The SMILES string of the molecule is CCCS(=O)(=O)N1CCCC1c1nc(CC(C)NC)no1.Cl. The molecular weight excluding hydrogens is 328 g/mol. The Bertz CT molecular complexity index is 563. The van der Waals surface area contributed by atoms with E-state index in [4.69, 9.17) is 4.52 Å². The number of halogens is 1. The monoisotopic (exact) mass is 352 g/mol. The van der Waals surface area contributed by atoms with Gasteiger partial charge in [-0.3, -0.25) is 0 Å². The molecule has 2 unspecified atom stereocenters. The lowest BCUT2D eigenvalue weighted by molar-refractivity contribution is 0.289. The van der Waals surface area contributed by atoms with Gasteiger partial charge in [0.2, 0.25) is 15.9 Å². The largest absolute Gasteiger partial charge is 0.338 e. The number of nitrogens with zero attached hydrogens (tertiary/aromatic N) is 3. The topological polar surface area (TPSA) is 88.3 Å². The van der Waals surface area contributed by atoms with Gasteiger partial charge in [-0.05, 0) is 33.2 Å². The van der Waals surface area contributed by atoms with Crippen LogP contribution in [0, 0.1) is 0 Å². The number of sulfonamides is 1. The summed E-state index contributed by atoms with van der Waals surface area (Å²) in [7, 11) is -1.36. The lowest BCUT2D eigenvalue weighted by Gasteiger charge is -2.20. The fourth-order valence-corrected chi connectivity index (χ4v) is 4.30. The predicted octanol–water partition coefficient (Wildman–Crippen LogP) is 1.52. The van der Waals surface area contributed by atoms with Crippen molar-refractivity contribution in [2.24, 2.45) is 0 Å². The molecule has 7 nitrogen and oxygen atoms in total. The summed E-state index contributed by atoms with van der Waals surface area (Å²) in [5.41, 5.74) is 0. The minimum absolute atomic E-state index is 0. The molecule has 0 saturated carbocycles. The molecule has 1 aromatic rings. The van der Waals surface area contributed by atoms with Crippen molar-refractivity contribution in [3.63, 3.8) is 0 Å². The van der Waals surface area contributed by atoms with Gasteiger partial charge in [-0.15, -0.1) is 12.4 Å². The van der Waals surface area contributed by atoms with Gasteiger partial charge in [0.15, 0.2) is 5.82 Å². The zero-order valence-electron chi connectivity index (χ0n) is 13.3. The second-order valence-corrected chi connectivity index (χ2v) is 7.57. The van der Waals surface area contributed by atoms with Crippen LogP contribution >= 0.6 is 12.4 Å². The summed E-state index contributed by atoms with van der Waals surface area (Å²) < 4.78 is 31.4. The molecule has 1 fully saturated rings. The van der Waals surface area contributed by atoms with Gasteiger partial charge in [0, 0.05) is 19.0 Å². The van der Waals surface area contributed by atoms with E-state index in [9.17, 15) is 8.42 Å². The molecule has 0 radical (unpaired) electrons. The first-order valence-corrected chi connectivity index (χ1v) is 9.08. The number of aromatic nitrogens is 2. The molecule has 22 heavy (non-hydrogen) atoms. The van der Waals surface area contributed by atoms with Crippen molar-refractivity contribution < 1.29 is 12.9 Å². The van der Waals surface area contributed by atoms with E-state index in [1.54, 1.807) is 0 Å². The Balaban J connectivity index is 0.00000242. The van der Waals surface area contributed by atoms with Crippen LogP contribution in [0.1, 0.15) is 50.9 Å². The van der Waals surface area contributed by atoms with E-state index in [1.807, 2.05) is 20.9 Å². The molecule has 0 aliphatic carbocycles. The van der Waals surface area contributed by atoms with Gasteiger partial charge >= 0.3 is 0 Å². The molecule has 9 heteroatoms. The zero-order chi connectivity index (χ0) is 15.5. The van der Waals surface area contributed by atoms with Crippen molar-refractivity contribution in [1.29, 1.82) is 0 Å². The summed E-state index contributed by atoms with van der Waals surface area (Å²) in [5, 5.41) is 7.08. The molecule has 0 aromatic carbocycles. The third kappa shape index (κ3) is 4.41. The Morgan fingerprint density at radius 3 is 2.86 bits per heavy atom. The highest BCUT2D eigenvalue weighted by Crippen LogP contribution is 2.33. The van der Waals surface area contributed by atoms with Gasteiger partial charge in [-0.25, -0.2) is 8.42 Å². The first-order valence-electron chi connectivity index (χ1n) is 7.47. The Morgan fingerprint density at radius 1 is 1.50 bits per heavy atom. The maximum atomic E-state index is 12.3. The van der Waals surface area contributed by atoms with Crippen LogP contribution in [-0.2, 0) is 16.4 Å². The van der Waals surface area contributed by atoms with E-state index in [2.05, 4.69) is 15.5 Å². The number of hydrogen-bond acceptors (Lipinski definition) is 6. The van der Waals surface area contributed by atoms with Crippen molar-refractivity contribution in [1.82, 2.24) is 19.8 Å². The van der Waals surface area contributed by atoms with E-state index in [0.29, 0.717) is 31.1 Å². The van der Waals surface area contributed by atoms with Crippen molar-refractivity contribution in [3.8, 4) is 0 Å². The molecule has 0 amide bonds. The van der Waals surface area contributed by atoms with Crippen molar-refractivity contribution >= 4 is 22.4 Å². The second kappa shape index (κ2) is 8.24. The molecule has 1 aromatic heterocycles. The average Bonchev–Trinajstić information content (AvgIpc) is 3.06. The minimum Gasteiger partial charge on any atom is -0.338 e. The third-order valence-electron chi connectivity index (χ3n) is 3.77. The predicted molar refractivity (Wildman–Crippen MR) is 86.5 cm³/mol. The number of likely N-dealkylation sites (N-methyl/N-ethyl adjacent to an activating group) is 1. The summed E-state index contributed by atoms with van der Waals surface area (Å²) in [4.78, 5) is 4.38. The van der Waals surface area contributed by atoms with Crippen LogP contribution in [0.25, 0.3) is 0 Å². The minimum atomic E-state index is -3.23. The molecule has 0 spiro atoms. The van der Waals surface area contributed by atoms with Gasteiger partial charge in [0.25, 0.3) is 0 Å². The first-order chi connectivity index (χ1) is 9.97. The molecule has 128 valence electrons. The average molecular weight is 353 g/mol. The van der Waals surface area contributed by atoms with E-state index < -0.39 is 10.0 Å². The van der Waals surface area contributed by atoms with Crippen LogP contribution in [0.3, 0.4) is 0 Å². The van der Waals surface area contributed by atoms with Crippen LogP contribution in [-0.4, -0.2) is 48.3 Å². The van der Waals surface area contributed by atoms with Crippen molar-refractivity contribution in [2.75, 3.05) is 19.3 Å². The highest BCUT2D eigenvalue weighted by atomic mass is 35.5. The van der Waals surface area contributed by atoms with Crippen LogP contribution in [0.15, 0.2) is 4.52 Å². The highest BCUT2D eigenvalue weighted by molar-refractivity contribution is 7.89. The summed E-state index contributed by atoms with van der Waals surface area (Å²) in [6, 6.07) is -0.0494. The molecule has 0 bridgehead atoms. The molecular formula is C13H25ClN4O3S. The van der Waals surface area contributed by atoms with E-state index >= 15 is 0 Å². The lowest BCUT2D eigenvalue weighted by Crippen LogP contribution is -2.32. The quantitative estimate of drug-likeness (QED) is 0.800. The Hall–Kier alpha value is -0.700. The maximum Gasteiger partial charge on any atom is 0.245 e. The van der Waals surface area contributed by atoms with Crippen LogP contribution in [0.2, 0.25) is 0 Å². The van der Waals surface area contributed by atoms with Crippen LogP contribution < -0.4 is 5.32 Å². The van der Waals surface area contributed by atoms with Crippen LogP contribution in [0.5, 0.6) is 0 Å². The Labute approximate surface area is 138 Å². The van der Waals surface area contributed by atoms with Crippen LogP contribution in [0.4, 0.5) is 0 Å². The maximum absolute atomic E-state index is 12.3. The summed E-state index contributed by atoms with van der Waals surface area (Å²) in [5.74, 6) is 1.21. The van der Waals surface area contributed by atoms with E-state index in [0.717, 1.165) is 12.8 Å².